The lowest BCUT2D eigenvalue weighted by molar-refractivity contribution is -0.120. The normalized spacial score (nSPS) is 16.8. The van der Waals surface area contributed by atoms with Crippen molar-refractivity contribution in [2.75, 3.05) is 23.7 Å². The van der Waals surface area contributed by atoms with E-state index in [0.717, 1.165) is 34.7 Å². The second-order valence-electron chi connectivity index (χ2n) is 13.9. The molecule has 280 valence electrons. The lowest BCUT2D eigenvalue weighted by atomic mass is 10.1. The van der Waals surface area contributed by atoms with Crippen LogP contribution in [-0.4, -0.2) is 68.6 Å². The molecular formula is C44H36Cl2N6O4. The Labute approximate surface area is 333 Å². The molecule has 2 N–H and O–H groups in total. The van der Waals surface area contributed by atoms with Crippen molar-refractivity contribution in [2.24, 2.45) is 0 Å². The lowest BCUT2D eigenvalue weighted by Gasteiger charge is -2.24. The van der Waals surface area contributed by atoms with Gasteiger partial charge in [-0.25, -0.2) is 0 Å². The fraction of sp³-hybridized carbons (Fsp3) is 0.182. The van der Waals surface area contributed by atoms with Crippen LogP contribution in [0.15, 0.2) is 109 Å². The zero-order chi connectivity index (χ0) is 38.8. The minimum atomic E-state index is -0.605. The molecule has 0 aliphatic carbocycles. The molecule has 6 aromatic rings. The molecule has 0 spiro atoms. The highest BCUT2D eigenvalue weighted by Gasteiger charge is 2.37. The monoisotopic (exact) mass is 782 g/mol. The molecule has 56 heavy (non-hydrogen) atoms. The van der Waals surface area contributed by atoms with Crippen molar-refractivity contribution in [1.82, 2.24) is 19.8 Å². The van der Waals surface area contributed by atoms with Gasteiger partial charge in [0.05, 0.1) is 0 Å². The molecule has 2 atom stereocenters. The van der Waals surface area contributed by atoms with Gasteiger partial charge < -0.3 is 20.4 Å². The van der Waals surface area contributed by atoms with E-state index < -0.39 is 12.1 Å². The van der Waals surface area contributed by atoms with Crippen molar-refractivity contribution in [2.45, 2.75) is 37.8 Å². The second-order valence-corrected chi connectivity index (χ2v) is 14.8. The summed E-state index contributed by atoms with van der Waals surface area (Å²) in [6.45, 7) is 0.946. The number of carbonyl (C=O) groups is 4. The second kappa shape index (κ2) is 15.9. The summed E-state index contributed by atoms with van der Waals surface area (Å²) in [7, 11) is 0. The molecule has 2 aliphatic heterocycles. The molecule has 0 radical (unpaired) electrons. The number of carbonyl (C=O) groups excluding carboxylic acids is 4. The molecule has 4 aromatic carbocycles. The number of fused-ring (bicyclic) bond motifs is 2. The number of hydrogen-bond donors (Lipinski definition) is 2. The Bertz CT molecular complexity index is 2350. The largest absolute Gasteiger partial charge is 0.325 e. The number of halogens is 2. The van der Waals surface area contributed by atoms with Gasteiger partial charge >= 0.3 is 0 Å². The van der Waals surface area contributed by atoms with E-state index in [1.807, 2.05) is 72.8 Å². The molecule has 0 bridgehead atoms. The van der Waals surface area contributed by atoms with Crippen molar-refractivity contribution < 1.29 is 19.2 Å². The third-order valence-corrected chi connectivity index (χ3v) is 10.8. The Morgan fingerprint density at radius 2 is 0.982 bits per heavy atom. The fourth-order valence-corrected chi connectivity index (χ4v) is 7.83. The molecular weight excluding hydrogens is 747 g/mol. The first-order chi connectivity index (χ1) is 27.2. The van der Waals surface area contributed by atoms with E-state index in [2.05, 4.69) is 20.6 Å². The van der Waals surface area contributed by atoms with Gasteiger partial charge in [0.1, 0.15) is 23.5 Å². The number of benzene rings is 4. The fourth-order valence-electron chi connectivity index (χ4n) is 7.47. The van der Waals surface area contributed by atoms with Crippen molar-refractivity contribution in [1.29, 1.82) is 0 Å². The summed E-state index contributed by atoms with van der Waals surface area (Å²) in [5.74, 6) is -1.04. The number of aromatic nitrogens is 2. The molecule has 2 saturated heterocycles. The first kappa shape index (κ1) is 36.9. The summed E-state index contributed by atoms with van der Waals surface area (Å²) in [5, 5.41) is 10.1. The van der Waals surface area contributed by atoms with Crippen LogP contribution in [0.2, 0.25) is 10.0 Å². The number of nitrogens with one attached hydrogen (secondary N) is 2. The molecule has 10 nitrogen and oxygen atoms in total. The van der Waals surface area contributed by atoms with Gasteiger partial charge in [-0.05, 0) is 108 Å². The Hall–Kier alpha value is -6.10. The number of rotatable bonds is 8. The quantitative estimate of drug-likeness (QED) is 0.149. The maximum Gasteiger partial charge on any atom is 0.273 e. The van der Waals surface area contributed by atoms with E-state index in [-0.39, 0.29) is 23.6 Å². The SMILES string of the molecule is O=C(Nc1ccc(/C=C/c2ccc(NC(=O)[C@@H]3CCCN3C(=O)c3nccc4cc(Cl)ccc34)cc2)cc1)[C@@H]1CCCN1C(=O)c1nccc2cc(Cl)ccc12. The Kier molecular flexibility index (Phi) is 10.5. The predicted molar refractivity (Wildman–Crippen MR) is 221 cm³/mol. The van der Waals surface area contributed by atoms with Crippen molar-refractivity contribution in [3.63, 3.8) is 0 Å². The summed E-state index contributed by atoms with van der Waals surface area (Å²) >= 11 is 12.3. The third-order valence-electron chi connectivity index (χ3n) is 10.3. The number of amides is 4. The first-order valence-electron chi connectivity index (χ1n) is 18.4. The van der Waals surface area contributed by atoms with Gasteiger partial charge in [-0.1, -0.05) is 71.8 Å². The highest BCUT2D eigenvalue weighted by Crippen LogP contribution is 2.28. The van der Waals surface area contributed by atoms with E-state index in [0.29, 0.717) is 69.5 Å². The van der Waals surface area contributed by atoms with Gasteiger partial charge in [0.25, 0.3) is 11.8 Å². The van der Waals surface area contributed by atoms with Gasteiger partial charge in [-0.15, -0.1) is 0 Å². The van der Waals surface area contributed by atoms with Crippen LogP contribution in [0.25, 0.3) is 33.7 Å². The molecule has 0 saturated carbocycles. The topological polar surface area (TPSA) is 125 Å². The van der Waals surface area contributed by atoms with E-state index >= 15 is 0 Å². The van der Waals surface area contributed by atoms with Crippen molar-refractivity contribution in [3.05, 3.63) is 142 Å². The van der Waals surface area contributed by atoms with Crippen molar-refractivity contribution in [3.8, 4) is 0 Å². The molecule has 4 amide bonds. The lowest BCUT2D eigenvalue weighted by Crippen LogP contribution is -2.43. The number of nitrogens with zero attached hydrogens (tertiary/aromatic N) is 4. The summed E-state index contributed by atoms with van der Waals surface area (Å²) in [5.41, 5.74) is 3.72. The van der Waals surface area contributed by atoms with Crippen LogP contribution in [0.1, 0.15) is 57.8 Å². The number of hydrogen-bond acceptors (Lipinski definition) is 6. The summed E-state index contributed by atoms with van der Waals surface area (Å²) in [6.07, 6.45) is 9.66. The third kappa shape index (κ3) is 7.71. The molecule has 2 aliphatic rings. The van der Waals surface area contributed by atoms with Crippen LogP contribution in [-0.2, 0) is 9.59 Å². The molecule has 4 heterocycles. The van der Waals surface area contributed by atoms with E-state index in [1.54, 1.807) is 58.6 Å². The molecule has 8 rings (SSSR count). The zero-order valence-electron chi connectivity index (χ0n) is 30.1. The Morgan fingerprint density at radius 1 is 0.571 bits per heavy atom. The average Bonchev–Trinajstić information content (AvgIpc) is 3.91. The van der Waals surface area contributed by atoms with Gasteiger partial charge in [-0.2, -0.15) is 0 Å². The van der Waals surface area contributed by atoms with Gasteiger partial charge in [-0.3, -0.25) is 29.1 Å². The van der Waals surface area contributed by atoms with Crippen LogP contribution < -0.4 is 10.6 Å². The summed E-state index contributed by atoms with van der Waals surface area (Å²) in [6, 6.07) is 28.0. The van der Waals surface area contributed by atoms with Crippen LogP contribution in [0, 0.1) is 0 Å². The average molecular weight is 784 g/mol. The molecule has 12 heteroatoms. The Morgan fingerprint density at radius 3 is 1.39 bits per heavy atom. The highest BCUT2D eigenvalue weighted by atomic mass is 35.5. The smallest absolute Gasteiger partial charge is 0.273 e. The first-order valence-corrected chi connectivity index (χ1v) is 19.2. The Balaban J connectivity index is 0.859. The van der Waals surface area contributed by atoms with Crippen LogP contribution in [0.4, 0.5) is 11.4 Å². The predicted octanol–water partition coefficient (Wildman–Crippen LogP) is 8.75. The van der Waals surface area contributed by atoms with Crippen LogP contribution in [0.3, 0.4) is 0 Å². The van der Waals surface area contributed by atoms with E-state index in [9.17, 15) is 19.2 Å². The maximum atomic E-state index is 13.6. The number of pyridine rings is 2. The van der Waals surface area contributed by atoms with Gasteiger partial charge in [0, 0.05) is 57.7 Å². The highest BCUT2D eigenvalue weighted by molar-refractivity contribution is 6.32. The molecule has 0 unspecified atom stereocenters. The number of anilines is 2. The van der Waals surface area contributed by atoms with E-state index in [1.165, 1.54) is 0 Å². The summed E-state index contributed by atoms with van der Waals surface area (Å²) < 4.78 is 0. The zero-order valence-corrected chi connectivity index (χ0v) is 31.6. The maximum absolute atomic E-state index is 13.6. The standard InChI is InChI=1S/C44H36Cl2N6O4/c45-31-11-17-35-29(25-31)19-21-47-39(35)43(55)51-23-1-3-37(51)41(53)49-33-13-7-27(8-14-33)5-6-28-9-15-34(16-10-28)50-42(54)38-4-2-24-52(38)44(56)40-36-18-12-32(46)26-30(36)20-22-48-40/h5-22,25-26,37-38H,1-4,23-24H2,(H,49,53)(H,50,54)/b6-5+/t37-,38-/m0/s1. The van der Waals surface area contributed by atoms with Gasteiger partial charge in [0.2, 0.25) is 11.8 Å². The minimum Gasteiger partial charge on any atom is -0.325 e. The van der Waals surface area contributed by atoms with E-state index in [4.69, 9.17) is 23.2 Å². The summed E-state index contributed by atoms with van der Waals surface area (Å²) in [4.78, 5) is 65.9. The van der Waals surface area contributed by atoms with Crippen LogP contribution in [0.5, 0.6) is 0 Å². The number of likely N-dealkylation sites (tertiary alicyclic amines) is 2. The van der Waals surface area contributed by atoms with Crippen LogP contribution >= 0.6 is 23.2 Å². The minimum absolute atomic E-state index is 0.241. The molecule has 2 aromatic heterocycles. The van der Waals surface area contributed by atoms with Gasteiger partial charge in [0.15, 0.2) is 0 Å². The van der Waals surface area contributed by atoms with Crippen molar-refractivity contribution >= 4 is 91.9 Å². The molecule has 2 fully saturated rings.